The van der Waals surface area contributed by atoms with E-state index in [0.717, 1.165) is 12.8 Å². The van der Waals surface area contributed by atoms with Crippen molar-refractivity contribution in [1.82, 2.24) is 0 Å². The number of rotatable bonds is 6. The van der Waals surface area contributed by atoms with Gasteiger partial charge in [-0.2, -0.15) is 0 Å². The van der Waals surface area contributed by atoms with Crippen molar-refractivity contribution in [3.8, 4) is 0 Å². The van der Waals surface area contributed by atoms with Gasteiger partial charge in [-0.1, -0.05) is 13.3 Å². The summed E-state index contributed by atoms with van der Waals surface area (Å²) in [6.45, 7) is 1.91. The first-order valence-corrected chi connectivity index (χ1v) is 4.04. The maximum absolute atomic E-state index is 9.94. The van der Waals surface area contributed by atoms with Gasteiger partial charge in [-0.05, 0) is 25.7 Å². The second-order valence-electron chi connectivity index (χ2n) is 2.68. The van der Waals surface area contributed by atoms with E-state index in [4.69, 9.17) is 5.11 Å². The zero-order chi connectivity index (χ0) is 8.69. The van der Waals surface area contributed by atoms with Crippen molar-refractivity contribution in [3.05, 3.63) is 0 Å². The van der Waals surface area contributed by atoms with Gasteiger partial charge in [0, 0.05) is 5.97 Å². The van der Waals surface area contributed by atoms with Gasteiger partial charge in [-0.3, -0.25) is 0 Å². The molecule has 0 aliphatic carbocycles. The molecule has 0 radical (unpaired) electrons. The summed E-state index contributed by atoms with van der Waals surface area (Å²) >= 11 is 0. The molecule has 12 heavy (non-hydrogen) atoms. The van der Waals surface area contributed by atoms with Crippen molar-refractivity contribution in [3.63, 3.8) is 0 Å². The van der Waals surface area contributed by atoms with Crippen molar-refractivity contribution in [2.75, 3.05) is 0 Å². The SMILES string of the molecule is CCC(O)CCCCC(=O)[O-].[K+]. The van der Waals surface area contributed by atoms with Gasteiger partial charge >= 0.3 is 51.4 Å². The molecule has 1 N–H and O–H groups in total. The zero-order valence-corrected chi connectivity index (χ0v) is 11.0. The number of carboxylic acids is 1. The van der Waals surface area contributed by atoms with Crippen molar-refractivity contribution in [2.24, 2.45) is 0 Å². The molecule has 0 saturated heterocycles. The van der Waals surface area contributed by atoms with Gasteiger partial charge in [0.15, 0.2) is 0 Å². The maximum Gasteiger partial charge on any atom is 1.00 e. The summed E-state index contributed by atoms with van der Waals surface area (Å²) in [4.78, 5) is 9.94. The van der Waals surface area contributed by atoms with E-state index < -0.39 is 5.97 Å². The van der Waals surface area contributed by atoms with Crippen LogP contribution in [0.5, 0.6) is 0 Å². The number of aliphatic carboxylic acids is 1. The Balaban J connectivity index is 0. The van der Waals surface area contributed by atoms with Crippen LogP contribution >= 0.6 is 0 Å². The third-order valence-corrected chi connectivity index (χ3v) is 1.64. The fourth-order valence-corrected chi connectivity index (χ4v) is 0.853. The second-order valence-corrected chi connectivity index (χ2v) is 2.68. The van der Waals surface area contributed by atoms with Gasteiger partial charge < -0.3 is 15.0 Å². The fourth-order valence-electron chi connectivity index (χ4n) is 0.853. The normalized spacial score (nSPS) is 11.8. The van der Waals surface area contributed by atoms with Gasteiger partial charge in [0.25, 0.3) is 0 Å². The first-order valence-electron chi connectivity index (χ1n) is 4.04. The molecule has 1 atom stereocenters. The molecule has 0 aromatic rings. The molecule has 3 nitrogen and oxygen atoms in total. The van der Waals surface area contributed by atoms with Gasteiger partial charge in [-0.25, -0.2) is 0 Å². The number of hydrogen-bond acceptors (Lipinski definition) is 3. The average Bonchev–Trinajstić information content (AvgIpc) is 1.97. The van der Waals surface area contributed by atoms with Crippen LogP contribution in [-0.2, 0) is 4.79 Å². The maximum atomic E-state index is 9.94. The van der Waals surface area contributed by atoms with Crippen molar-refractivity contribution in [2.45, 2.75) is 45.1 Å². The van der Waals surface area contributed by atoms with Crippen LogP contribution in [0.15, 0.2) is 0 Å². The molecular weight excluding hydrogens is 183 g/mol. The van der Waals surface area contributed by atoms with E-state index in [1.165, 1.54) is 0 Å². The summed E-state index contributed by atoms with van der Waals surface area (Å²) in [7, 11) is 0. The Hall–Kier alpha value is 1.07. The topological polar surface area (TPSA) is 60.4 Å². The summed E-state index contributed by atoms with van der Waals surface area (Å²) in [5, 5.41) is 19.0. The number of carbonyl (C=O) groups excluding carboxylic acids is 1. The van der Waals surface area contributed by atoms with Crippen LogP contribution < -0.4 is 56.5 Å². The molecule has 0 aliphatic heterocycles. The summed E-state index contributed by atoms with van der Waals surface area (Å²) in [5.41, 5.74) is 0. The third-order valence-electron chi connectivity index (χ3n) is 1.64. The van der Waals surface area contributed by atoms with E-state index >= 15 is 0 Å². The summed E-state index contributed by atoms with van der Waals surface area (Å²) in [6.07, 6.45) is 2.66. The standard InChI is InChI=1S/C8H16O3.K/c1-2-7(9)5-3-4-6-8(10)11;/h7,9H,2-6H2,1H3,(H,10,11);/q;+1/p-1. The summed E-state index contributed by atoms with van der Waals surface area (Å²) in [5.74, 6) is -1.00. The van der Waals surface area contributed by atoms with Crippen LogP contribution in [0.4, 0.5) is 0 Å². The van der Waals surface area contributed by atoms with E-state index in [-0.39, 0.29) is 63.9 Å². The zero-order valence-electron chi connectivity index (χ0n) is 7.88. The van der Waals surface area contributed by atoms with Crippen LogP contribution in [0.25, 0.3) is 0 Å². The Morgan fingerprint density at radius 3 is 2.50 bits per heavy atom. The van der Waals surface area contributed by atoms with Crippen LogP contribution in [0.3, 0.4) is 0 Å². The fraction of sp³-hybridized carbons (Fsp3) is 0.875. The van der Waals surface area contributed by atoms with Crippen LogP contribution in [0.2, 0.25) is 0 Å². The quantitative estimate of drug-likeness (QED) is 0.367. The molecule has 0 aromatic heterocycles. The molecule has 0 spiro atoms. The largest absolute Gasteiger partial charge is 1.00 e. The predicted molar refractivity (Wildman–Crippen MR) is 39.8 cm³/mol. The van der Waals surface area contributed by atoms with Gasteiger partial charge in [0.2, 0.25) is 0 Å². The van der Waals surface area contributed by atoms with Crippen LogP contribution in [0, 0.1) is 0 Å². The minimum absolute atomic E-state index is 0. The molecule has 0 aliphatic rings. The number of carboxylic acid groups (broad SMARTS) is 1. The Morgan fingerprint density at radius 2 is 2.08 bits per heavy atom. The molecule has 0 rings (SSSR count). The minimum Gasteiger partial charge on any atom is -0.550 e. The Bertz CT molecular complexity index is 117. The predicted octanol–water partition coefficient (Wildman–Crippen LogP) is -2.93. The first-order chi connectivity index (χ1) is 5.16. The molecule has 0 amide bonds. The number of hydrogen-bond donors (Lipinski definition) is 1. The van der Waals surface area contributed by atoms with Gasteiger partial charge in [0.05, 0.1) is 6.10 Å². The molecule has 0 bridgehead atoms. The third kappa shape index (κ3) is 11.1. The van der Waals surface area contributed by atoms with E-state index in [9.17, 15) is 9.90 Å². The minimum atomic E-state index is -1.00. The van der Waals surface area contributed by atoms with Crippen LogP contribution in [0.1, 0.15) is 39.0 Å². The van der Waals surface area contributed by atoms with E-state index in [1.54, 1.807) is 0 Å². The van der Waals surface area contributed by atoms with Crippen LogP contribution in [-0.4, -0.2) is 17.2 Å². The molecule has 0 aromatic carbocycles. The monoisotopic (exact) mass is 198 g/mol. The molecule has 4 heteroatoms. The number of aliphatic hydroxyl groups excluding tert-OH is 1. The number of unbranched alkanes of at least 4 members (excludes halogenated alkanes) is 1. The molecule has 1 unspecified atom stereocenters. The Morgan fingerprint density at radius 1 is 1.50 bits per heavy atom. The summed E-state index contributed by atoms with van der Waals surface area (Å²) in [6, 6.07) is 0. The Labute approximate surface area is 116 Å². The smallest absolute Gasteiger partial charge is 0.550 e. The number of aliphatic hydroxyl groups is 1. The van der Waals surface area contributed by atoms with E-state index in [0.29, 0.717) is 12.8 Å². The summed E-state index contributed by atoms with van der Waals surface area (Å²) < 4.78 is 0. The Kier molecular flexibility index (Phi) is 13.1. The molecule has 66 valence electrons. The van der Waals surface area contributed by atoms with Gasteiger partial charge in [-0.15, -0.1) is 0 Å². The number of carbonyl (C=O) groups is 1. The molecule has 0 heterocycles. The van der Waals surface area contributed by atoms with Crippen molar-refractivity contribution < 1.29 is 66.4 Å². The molecular formula is C8H15KO3. The van der Waals surface area contributed by atoms with E-state index in [1.807, 2.05) is 6.92 Å². The average molecular weight is 198 g/mol. The van der Waals surface area contributed by atoms with E-state index in [2.05, 4.69) is 0 Å². The van der Waals surface area contributed by atoms with Crippen molar-refractivity contribution in [1.29, 1.82) is 0 Å². The first kappa shape index (κ1) is 15.5. The van der Waals surface area contributed by atoms with Gasteiger partial charge in [0.1, 0.15) is 0 Å². The molecule has 0 fully saturated rings. The second kappa shape index (κ2) is 10.1. The van der Waals surface area contributed by atoms with Crippen molar-refractivity contribution >= 4 is 5.97 Å². The molecule has 0 saturated carbocycles.